The first-order chi connectivity index (χ1) is 10.1. The maximum Gasteiger partial charge on any atom is 0.313 e. The molecule has 0 aromatic rings. The number of ether oxygens (including phenoxy) is 1. The molecule has 0 bridgehead atoms. The van der Waals surface area contributed by atoms with Crippen molar-refractivity contribution < 1.29 is 19.4 Å². The van der Waals surface area contributed by atoms with Crippen molar-refractivity contribution in [2.45, 2.75) is 44.9 Å². The van der Waals surface area contributed by atoms with Crippen LogP contribution in [0.1, 0.15) is 44.9 Å². The van der Waals surface area contributed by atoms with Gasteiger partial charge >= 0.3 is 5.97 Å². The van der Waals surface area contributed by atoms with E-state index < -0.39 is 11.4 Å². The molecule has 1 saturated heterocycles. The zero-order valence-electron chi connectivity index (χ0n) is 12.8. The third-order valence-electron chi connectivity index (χ3n) is 4.57. The summed E-state index contributed by atoms with van der Waals surface area (Å²) in [5, 5.41) is 9.51. The summed E-state index contributed by atoms with van der Waals surface area (Å²) in [5.74, 6) is -0.802. The van der Waals surface area contributed by atoms with Gasteiger partial charge in [0.1, 0.15) is 5.41 Å². The number of amides is 1. The number of aliphatic carboxylic acids is 1. The minimum absolute atomic E-state index is 0.0598. The van der Waals surface area contributed by atoms with Crippen LogP contribution < -0.4 is 0 Å². The lowest BCUT2D eigenvalue weighted by atomic mass is 9.80. The van der Waals surface area contributed by atoms with Crippen molar-refractivity contribution in [3.8, 4) is 0 Å². The molecule has 5 heteroatoms. The molecule has 2 aliphatic rings. The molecule has 1 fully saturated rings. The van der Waals surface area contributed by atoms with Crippen molar-refractivity contribution >= 4 is 11.9 Å². The van der Waals surface area contributed by atoms with Gasteiger partial charge in [-0.25, -0.2) is 0 Å². The molecule has 1 atom stereocenters. The fraction of sp³-hybridized carbons (Fsp3) is 0.750. The second-order valence-corrected chi connectivity index (χ2v) is 6.22. The SMILES string of the molecule is COCC1(C(=O)O)CCCN(C(=O)CC2=CCCCC2)C1. The predicted molar refractivity (Wildman–Crippen MR) is 78.9 cm³/mol. The number of carboxylic acid groups (broad SMARTS) is 1. The van der Waals surface area contributed by atoms with Crippen LogP contribution in [0.5, 0.6) is 0 Å². The molecule has 0 aromatic heterocycles. The number of piperidine rings is 1. The second kappa shape index (κ2) is 7.07. The van der Waals surface area contributed by atoms with Crippen LogP contribution in [-0.2, 0) is 14.3 Å². The van der Waals surface area contributed by atoms with E-state index in [0.717, 1.165) is 25.7 Å². The van der Waals surface area contributed by atoms with Gasteiger partial charge in [0.25, 0.3) is 0 Å². The first-order valence-corrected chi connectivity index (χ1v) is 7.75. The van der Waals surface area contributed by atoms with Crippen LogP contribution in [0.4, 0.5) is 0 Å². The summed E-state index contributed by atoms with van der Waals surface area (Å²) in [6.07, 6.45) is 8.34. The van der Waals surface area contributed by atoms with E-state index >= 15 is 0 Å². The zero-order chi connectivity index (χ0) is 15.3. The Morgan fingerprint density at radius 1 is 1.38 bits per heavy atom. The van der Waals surface area contributed by atoms with Crippen LogP contribution in [0, 0.1) is 5.41 Å². The van der Waals surface area contributed by atoms with Crippen LogP contribution in [0.3, 0.4) is 0 Å². The molecule has 118 valence electrons. The van der Waals surface area contributed by atoms with Gasteiger partial charge in [-0.05, 0) is 38.5 Å². The molecule has 1 heterocycles. The Bertz CT molecular complexity index is 428. The fourth-order valence-corrected chi connectivity index (χ4v) is 3.35. The maximum atomic E-state index is 12.4. The first kappa shape index (κ1) is 16.0. The third kappa shape index (κ3) is 3.84. The molecule has 0 saturated carbocycles. The van der Waals surface area contributed by atoms with Crippen LogP contribution >= 0.6 is 0 Å². The van der Waals surface area contributed by atoms with Crippen molar-refractivity contribution in [1.82, 2.24) is 4.90 Å². The highest BCUT2D eigenvalue weighted by atomic mass is 16.5. The van der Waals surface area contributed by atoms with E-state index in [2.05, 4.69) is 6.08 Å². The summed E-state index contributed by atoms with van der Waals surface area (Å²) >= 11 is 0. The summed E-state index contributed by atoms with van der Waals surface area (Å²) in [7, 11) is 1.51. The number of rotatable bonds is 5. The highest BCUT2D eigenvalue weighted by molar-refractivity contribution is 5.81. The molecule has 1 amide bonds. The molecule has 0 aromatic carbocycles. The third-order valence-corrected chi connectivity index (χ3v) is 4.57. The highest BCUT2D eigenvalue weighted by Crippen LogP contribution is 2.32. The van der Waals surface area contributed by atoms with Gasteiger partial charge in [-0.15, -0.1) is 0 Å². The number of allylic oxidation sites excluding steroid dienone is 1. The molecule has 0 spiro atoms. The quantitative estimate of drug-likeness (QED) is 0.790. The molecule has 0 radical (unpaired) electrons. The van der Waals surface area contributed by atoms with Gasteiger partial charge in [0.2, 0.25) is 5.91 Å². The normalized spacial score (nSPS) is 26.3. The fourth-order valence-electron chi connectivity index (χ4n) is 3.35. The van der Waals surface area contributed by atoms with Crippen LogP contribution in [0.2, 0.25) is 0 Å². The van der Waals surface area contributed by atoms with Gasteiger partial charge in [-0.3, -0.25) is 9.59 Å². The van der Waals surface area contributed by atoms with E-state index in [9.17, 15) is 14.7 Å². The second-order valence-electron chi connectivity index (χ2n) is 6.22. The van der Waals surface area contributed by atoms with E-state index in [1.807, 2.05) is 0 Å². The average molecular weight is 295 g/mol. The highest BCUT2D eigenvalue weighted by Gasteiger charge is 2.43. The topological polar surface area (TPSA) is 66.8 Å². The van der Waals surface area contributed by atoms with Gasteiger partial charge in [-0.2, -0.15) is 0 Å². The summed E-state index contributed by atoms with van der Waals surface area (Å²) in [6.45, 7) is 1.09. The average Bonchev–Trinajstić information content (AvgIpc) is 2.48. The lowest BCUT2D eigenvalue weighted by Crippen LogP contribution is -2.52. The molecule has 1 unspecified atom stereocenters. The Labute approximate surface area is 126 Å². The number of carbonyl (C=O) groups excluding carboxylic acids is 1. The Morgan fingerprint density at radius 3 is 2.81 bits per heavy atom. The molecule has 1 aliphatic heterocycles. The Kier molecular flexibility index (Phi) is 5.39. The van der Waals surface area contributed by atoms with E-state index in [1.165, 1.54) is 19.1 Å². The van der Waals surface area contributed by atoms with Crippen molar-refractivity contribution in [2.24, 2.45) is 5.41 Å². The van der Waals surface area contributed by atoms with Crippen LogP contribution in [-0.4, -0.2) is 48.7 Å². The number of likely N-dealkylation sites (tertiary alicyclic amines) is 1. The zero-order valence-corrected chi connectivity index (χ0v) is 12.8. The summed E-state index contributed by atoms with van der Waals surface area (Å²) < 4.78 is 5.09. The molecule has 1 N–H and O–H groups in total. The number of hydrogen-bond donors (Lipinski definition) is 1. The standard InChI is InChI=1S/C16H25NO4/c1-21-12-16(15(19)20)8-5-9-17(11-16)14(18)10-13-6-3-2-4-7-13/h6H,2-5,7-12H2,1H3,(H,19,20). The van der Waals surface area contributed by atoms with Crippen LogP contribution in [0.25, 0.3) is 0 Å². The van der Waals surface area contributed by atoms with E-state index in [1.54, 1.807) is 4.90 Å². The van der Waals surface area contributed by atoms with E-state index in [0.29, 0.717) is 19.4 Å². The van der Waals surface area contributed by atoms with Gasteiger partial charge in [0.15, 0.2) is 0 Å². The van der Waals surface area contributed by atoms with Gasteiger partial charge < -0.3 is 14.7 Å². The maximum absolute atomic E-state index is 12.4. The van der Waals surface area contributed by atoms with Crippen LogP contribution in [0.15, 0.2) is 11.6 Å². The molecule has 5 nitrogen and oxygen atoms in total. The molecular weight excluding hydrogens is 270 g/mol. The number of carbonyl (C=O) groups is 2. The minimum Gasteiger partial charge on any atom is -0.481 e. The lowest BCUT2D eigenvalue weighted by molar-refractivity contribution is -0.159. The molecular formula is C16H25NO4. The van der Waals surface area contributed by atoms with Crippen molar-refractivity contribution in [3.63, 3.8) is 0 Å². The summed E-state index contributed by atoms with van der Waals surface area (Å²) in [5.41, 5.74) is 0.272. The Balaban J connectivity index is 2.00. The first-order valence-electron chi connectivity index (χ1n) is 7.75. The number of hydrogen-bond acceptors (Lipinski definition) is 3. The van der Waals surface area contributed by atoms with Gasteiger partial charge in [0, 0.05) is 26.6 Å². The Morgan fingerprint density at radius 2 is 2.19 bits per heavy atom. The van der Waals surface area contributed by atoms with Crippen molar-refractivity contribution in [3.05, 3.63) is 11.6 Å². The predicted octanol–water partition coefficient (Wildman–Crippen LogP) is 2.22. The monoisotopic (exact) mass is 295 g/mol. The van der Waals surface area contributed by atoms with Gasteiger partial charge in [0.05, 0.1) is 6.61 Å². The van der Waals surface area contributed by atoms with E-state index in [-0.39, 0.29) is 19.1 Å². The van der Waals surface area contributed by atoms with E-state index in [4.69, 9.17) is 4.74 Å². The number of carboxylic acids is 1. The molecule has 21 heavy (non-hydrogen) atoms. The molecule has 1 aliphatic carbocycles. The molecule has 2 rings (SSSR count). The minimum atomic E-state index is -0.941. The largest absolute Gasteiger partial charge is 0.481 e. The van der Waals surface area contributed by atoms with Crippen molar-refractivity contribution in [1.29, 1.82) is 0 Å². The Hall–Kier alpha value is -1.36. The number of nitrogens with zero attached hydrogens (tertiary/aromatic N) is 1. The van der Waals surface area contributed by atoms with Gasteiger partial charge in [-0.1, -0.05) is 11.6 Å². The summed E-state index contributed by atoms with van der Waals surface area (Å²) in [6, 6.07) is 0. The summed E-state index contributed by atoms with van der Waals surface area (Å²) in [4.78, 5) is 25.7. The smallest absolute Gasteiger partial charge is 0.313 e. The number of methoxy groups -OCH3 is 1. The van der Waals surface area contributed by atoms with Crippen molar-refractivity contribution in [2.75, 3.05) is 26.8 Å². The lowest BCUT2D eigenvalue weighted by Gasteiger charge is -2.39.